The third kappa shape index (κ3) is 6.17. The molecule has 0 bridgehead atoms. The van der Waals surface area contributed by atoms with Crippen molar-refractivity contribution in [3.63, 3.8) is 0 Å². The van der Waals surface area contributed by atoms with Gasteiger partial charge in [-0.05, 0) is 13.3 Å². The van der Waals surface area contributed by atoms with Crippen LogP contribution in [-0.2, 0) is 4.79 Å². The predicted molar refractivity (Wildman–Crippen MR) is 47.8 cm³/mol. The number of unbranched alkanes of at least 4 members (excludes halogenated alkanes) is 1. The molecule has 0 aromatic heterocycles. The van der Waals surface area contributed by atoms with Crippen molar-refractivity contribution >= 4 is 17.5 Å². The minimum Gasteiger partial charge on any atom is -0.352 e. The lowest BCUT2D eigenvalue weighted by atomic mass is 10.2. The van der Waals surface area contributed by atoms with Gasteiger partial charge in [-0.15, -0.1) is 11.6 Å². The molecule has 0 radical (unpaired) electrons. The number of rotatable bonds is 5. The van der Waals surface area contributed by atoms with E-state index in [1.165, 1.54) is 0 Å². The fraction of sp³-hybridized carbons (Fsp3) is 0.875. The number of amides is 1. The monoisotopic (exact) mass is 177 g/mol. The van der Waals surface area contributed by atoms with Crippen LogP contribution in [0.15, 0.2) is 0 Å². The second kappa shape index (κ2) is 6.47. The first kappa shape index (κ1) is 10.8. The largest absolute Gasteiger partial charge is 0.352 e. The Labute approximate surface area is 73.3 Å². The van der Waals surface area contributed by atoms with Crippen LogP contribution in [0.3, 0.4) is 0 Å². The Morgan fingerprint density at radius 1 is 1.64 bits per heavy atom. The molecule has 0 heterocycles. The van der Waals surface area contributed by atoms with Crippen LogP contribution in [0.2, 0.25) is 0 Å². The lowest BCUT2D eigenvalue weighted by Crippen LogP contribution is -2.33. The van der Waals surface area contributed by atoms with Crippen molar-refractivity contribution < 1.29 is 4.79 Å². The van der Waals surface area contributed by atoms with E-state index in [2.05, 4.69) is 12.2 Å². The molecule has 1 unspecified atom stereocenters. The summed E-state index contributed by atoms with van der Waals surface area (Å²) in [6, 6.07) is 0.0982. The Kier molecular flexibility index (Phi) is 6.33. The summed E-state index contributed by atoms with van der Waals surface area (Å²) in [6.45, 7) is 3.97. The van der Waals surface area contributed by atoms with Crippen molar-refractivity contribution in [1.82, 2.24) is 5.32 Å². The molecule has 0 aromatic rings. The summed E-state index contributed by atoms with van der Waals surface area (Å²) in [6.07, 6.45) is 2.64. The topological polar surface area (TPSA) is 29.1 Å². The Morgan fingerprint density at radius 3 is 2.73 bits per heavy atom. The van der Waals surface area contributed by atoms with E-state index in [1.54, 1.807) is 0 Å². The zero-order valence-electron chi connectivity index (χ0n) is 7.19. The van der Waals surface area contributed by atoms with Gasteiger partial charge in [0.1, 0.15) is 0 Å². The Balaban J connectivity index is 3.36. The number of hydrogen-bond acceptors (Lipinski definition) is 1. The summed E-state index contributed by atoms with van der Waals surface area (Å²) < 4.78 is 0. The van der Waals surface area contributed by atoms with E-state index < -0.39 is 0 Å². The summed E-state index contributed by atoms with van der Waals surface area (Å²) >= 11 is 5.52. The number of carbonyl (C=O) groups is 1. The molecule has 3 heteroatoms. The predicted octanol–water partition coefficient (Wildman–Crippen LogP) is 1.92. The van der Waals surface area contributed by atoms with E-state index in [1.807, 2.05) is 6.92 Å². The van der Waals surface area contributed by atoms with E-state index in [4.69, 9.17) is 11.6 Å². The van der Waals surface area contributed by atoms with Crippen molar-refractivity contribution in [1.29, 1.82) is 0 Å². The third-order valence-corrected chi connectivity index (χ3v) is 1.86. The first-order valence-electron chi connectivity index (χ1n) is 4.06. The summed E-state index contributed by atoms with van der Waals surface area (Å²) in [5.41, 5.74) is 0. The molecule has 1 amide bonds. The van der Waals surface area contributed by atoms with Gasteiger partial charge < -0.3 is 5.32 Å². The van der Waals surface area contributed by atoms with Crippen molar-refractivity contribution in [2.45, 2.75) is 39.2 Å². The normalized spacial score (nSPS) is 12.6. The van der Waals surface area contributed by atoms with Crippen LogP contribution in [0, 0.1) is 0 Å². The highest BCUT2D eigenvalue weighted by atomic mass is 35.5. The second-order valence-electron chi connectivity index (χ2n) is 2.73. The maximum atomic E-state index is 11.0. The van der Waals surface area contributed by atoms with Gasteiger partial charge in [-0.1, -0.05) is 13.3 Å². The number of halogens is 1. The average molecular weight is 178 g/mol. The number of alkyl halides is 1. The molecule has 0 saturated heterocycles. The summed E-state index contributed by atoms with van der Waals surface area (Å²) in [7, 11) is 0. The Morgan fingerprint density at radius 2 is 2.27 bits per heavy atom. The van der Waals surface area contributed by atoms with E-state index in [-0.39, 0.29) is 11.9 Å². The first-order valence-corrected chi connectivity index (χ1v) is 4.59. The zero-order valence-corrected chi connectivity index (χ0v) is 7.95. The van der Waals surface area contributed by atoms with Crippen LogP contribution >= 0.6 is 11.6 Å². The minimum atomic E-state index is 0.0982. The van der Waals surface area contributed by atoms with Crippen LogP contribution < -0.4 is 5.32 Å². The minimum absolute atomic E-state index is 0.0982. The fourth-order valence-electron chi connectivity index (χ4n) is 0.723. The highest BCUT2D eigenvalue weighted by Crippen LogP contribution is 1.94. The molecule has 1 atom stereocenters. The molecule has 0 aliphatic rings. The number of carbonyl (C=O) groups excluding carboxylic acids is 1. The quantitative estimate of drug-likeness (QED) is 0.639. The van der Waals surface area contributed by atoms with E-state index in [0.29, 0.717) is 12.3 Å². The lowest BCUT2D eigenvalue weighted by molar-refractivity contribution is -0.121. The molecule has 1 N–H and O–H groups in total. The SMILES string of the molecule is CCCCC(=O)NC(C)CCl. The molecule has 0 spiro atoms. The second-order valence-corrected chi connectivity index (χ2v) is 3.04. The molecule has 0 saturated carbocycles. The van der Waals surface area contributed by atoms with Gasteiger partial charge >= 0.3 is 0 Å². The molecule has 0 aliphatic heterocycles. The molecule has 0 fully saturated rings. The van der Waals surface area contributed by atoms with Gasteiger partial charge in [0, 0.05) is 18.3 Å². The summed E-state index contributed by atoms with van der Waals surface area (Å²) in [5, 5.41) is 2.79. The van der Waals surface area contributed by atoms with Gasteiger partial charge in [-0.3, -0.25) is 4.79 Å². The molecular formula is C8H16ClNO. The maximum Gasteiger partial charge on any atom is 0.220 e. The van der Waals surface area contributed by atoms with Crippen LogP contribution in [0.1, 0.15) is 33.1 Å². The molecule has 0 aliphatic carbocycles. The van der Waals surface area contributed by atoms with Gasteiger partial charge in [0.2, 0.25) is 5.91 Å². The maximum absolute atomic E-state index is 11.0. The van der Waals surface area contributed by atoms with E-state index >= 15 is 0 Å². The van der Waals surface area contributed by atoms with Crippen molar-refractivity contribution in [3.05, 3.63) is 0 Å². The van der Waals surface area contributed by atoms with E-state index in [9.17, 15) is 4.79 Å². The van der Waals surface area contributed by atoms with Crippen molar-refractivity contribution in [2.75, 3.05) is 5.88 Å². The third-order valence-electron chi connectivity index (χ3n) is 1.40. The number of nitrogens with one attached hydrogen (secondary N) is 1. The van der Waals surface area contributed by atoms with Crippen LogP contribution in [0.5, 0.6) is 0 Å². The lowest BCUT2D eigenvalue weighted by Gasteiger charge is -2.09. The molecule has 11 heavy (non-hydrogen) atoms. The molecule has 0 rings (SSSR count). The van der Waals surface area contributed by atoms with Gasteiger partial charge in [-0.2, -0.15) is 0 Å². The van der Waals surface area contributed by atoms with Gasteiger partial charge in [-0.25, -0.2) is 0 Å². The average Bonchev–Trinajstić information content (AvgIpc) is 2.00. The summed E-state index contributed by atoms with van der Waals surface area (Å²) in [4.78, 5) is 11.0. The number of hydrogen-bond donors (Lipinski definition) is 1. The molecular weight excluding hydrogens is 162 g/mol. The van der Waals surface area contributed by atoms with Crippen molar-refractivity contribution in [3.8, 4) is 0 Å². The van der Waals surface area contributed by atoms with Crippen LogP contribution in [0.25, 0.3) is 0 Å². The zero-order chi connectivity index (χ0) is 8.69. The van der Waals surface area contributed by atoms with Crippen LogP contribution in [0.4, 0.5) is 0 Å². The van der Waals surface area contributed by atoms with Gasteiger partial charge in [0.25, 0.3) is 0 Å². The first-order chi connectivity index (χ1) is 5.20. The molecule has 2 nitrogen and oxygen atoms in total. The summed E-state index contributed by atoms with van der Waals surface area (Å²) in [5.74, 6) is 0.595. The van der Waals surface area contributed by atoms with Crippen LogP contribution in [-0.4, -0.2) is 17.8 Å². The van der Waals surface area contributed by atoms with Crippen molar-refractivity contribution in [2.24, 2.45) is 0 Å². The standard InChI is InChI=1S/C8H16ClNO/c1-3-4-5-8(11)10-7(2)6-9/h7H,3-6H2,1-2H3,(H,10,11). The molecule has 66 valence electrons. The Hall–Kier alpha value is -0.240. The highest BCUT2D eigenvalue weighted by molar-refractivity contribution is 6.18. The molecule has 0 aromatic carbocycles. The van der Waals surface area contributed by atoms with Gasteiger partial charge in [0.15, 0.2) is 0 Å². The smallest absolute Gasteiger partial charge is 0.220 e. The van der Waals surface area contributed by atoms with Gasteiger partial charge in [0.05, 0.1) is 0 Å². The Bertz CT molecular complexity index is 117. The fourth-order valence-corrected chi connectivity index (χ4v) is 0.800. The van der Waals surface area contributed by atoms with E-state index in [0.717, 1.165) is 12.8 Å². The highest BCUT2D eigenvalue weighted by Gasteiger charge is 2.03.